The van der Waals surface area contributed by atoms with Gasteiger partial charge in [-0.3, -0.25) is 0 Å². The Hall–Kier alpha value is -1.24. The Morgan fingerprint density at radius 2 is 2.14 bits per heavy atom. The lowest BCUT2D eigenvalue weighted by atomic mass is 9.96. The van der Waals surface area contributed by atoms with Crippen molar-refractivity contribution in [2.75, 3.05) is 0 Å². The lowest BCUT2D eigenvalue weighted by Crippen LogP contribution is -1.91. The fourth-order valence-corrected chi connectivity index (χ4v) is 1.98. The van der Waals surface area contributed by atoms with Gasteiger partial charge in [0.2, 0.25) is 0 Å². The predicted octanol–water partition coefficient (Wildman–Crippen LogP) is 4.07. The SMILES string of the molecule is CCCC(C)c1ccc2[nH]ccc2c1. The van der Waals surface area contributed by atoms with Crippen LogP contribution in [-0.4, -0.2) is 4.98 Å². The summed E-state index contributed by atoms with van der Waals surface area (Å²) in [6, 6.07) is 8.85. The minimum absolute atomic E-state index is 0.680. The second-order valence-electron chi connectivity index (χ2n) is 4.01. The van der Waals surface area contributed by atoms with E-state index in [9.17, 15) is 0 Å². The Bertz CT molecular complexity index is 414. The Morgan fingerprint density at radius 1 is 1.29 bits per heavy atom. The molecule has 0 saturated heterocycles. The van der Waals surface area contributed by atoms with Crippen molar-refractivity contribution in [2.24, 2.45) is 0 Å². The van der Waals surface area contributed by atoms with E-state index in [1.165, 1.54) is 29.3 Å². The zero-order chi connectivity index (χ0) is 9.97. The van der Waals surface area contributed by atoms with Gasteiger partial charge in [0.1, 0.15) is 0 Å². The smallest absolute Gasteiger partial charge is 0.0454 e. The molecule has 14 heavy (non-hydrogen) atoms. The van der Waals surface area contributed by atoms with Crippen LogP contribution in [0.4, 0.5) is 0 Å². The summed E-state index contributed by atoms with van der Waals surface area (Å²) in [7, 11) is 0. The molecular weight excluding hydrogens is 170 g/mol. The fourth-order valence-electron chi connectivity index (χ4n) is 1.98. The maximum Gasteiger partial charge on any atom is 0.0454 e. The van der Waals surface area contributed by atoms with Gasteiger partial charge < -0.3 is 4.98 Å². The number of fused-ring (bicyclic) bond motifs is 1. The molecule has 0 amide bonds. The zero-order valence-corrected chi connectivity index (χ0v) is 8.88. The van der Waals surface area contributed by atoms with Gasteiger partial charge in [0.25, 0.3) is 0 Å². The molecule has 74 valence electrons. The van der Waals surface area contributed by atoms with Crippen molar-refractivity contribution in [1.82, 2.24) is 4.98 Å². The highest BCUT2D eigenvalue weighted by molar-refractivity contribution is 5.80. The standard InChI is InChI=1S/C13H17N/c1-3-4-10(2)11-5-6-13-12(9-11)7-8-14-13/h5-10,14H,3-4H2,1-2H3. The van der Waals surface area contributed by atoms with Crippen LogP contribution in [0, 0.1) is 0 Å². The summed E-state index contributed by atoms with van der Waals surface area (Å²) >= 11 is 0. The van der Waals surface area contributed by atoms with Gasteiger partial charge >= 0.3 is 0 Å². The summed E-state index contributed by atoms with van der Waals surface area (Å²) in [5, 5.41) is 1.32. The first-order valence-corrected chi connectivity index (χ1v) is 5.38. The number of H-pyrrole nitrogens is 1. The molecule has 0 saturated carbocycles. The first-order chi connectivity index (χ1) is 6.81. The summed E-state index contributed by atoms with van der Waals surface area (Å²) in [4.78, 5) is 3.22. The van der Waals surface area contributed by atoms with Crippen LogP contribution in [0.3, 0.4) is 0 Å². The van der Waals surface area contributed by atoms with E-state index in [0.29, 0.717) is 5.92 Å². The van der Waals surface area contributed by atoms with Crippen molar-refractivity contribution < 1.29 is 0 Å². The Kier molecular flexibility index (Phi) is 2.58. The van der Waals surface area contributed by atoms with Crippen molar-refractivity contribution in [3.8, 4) is 0 Å². The van der Waals surface area contributed by atoms with Crippen LogP contribution >= 0.6 is 0 Å². The fraction of sp³-hybridized carbons (Fsp3) is 0.385. The molecule has 1 unspecified atom stereocenters. The molecule has 0 fully saturated rings. The lowest BCUT2D eigenvalue weighted by Gasteiger charge is -2.10. The lowest BCUT2D eigenvalue weighted by molar-refractivity contribution is 0.665. The molecule has 1 N–H and O–H groups in total. The minimum atomic E-state index is 0.680. The van der Waals surface area contributed by atoms with Gasteiger partial charge in [0.15, 0.2) is 0 Å². The van der Waals surface area contributed by atoms with Gasteiger partial charge in [-0.05, 0) is 41.5 Å². The van der Waals surface area contributed by atoms with Crippen molar-refractivity contribution >= 4 is 10.9 Å². The summed E-state index contributed by atoms with van der Waals surface area (Å²) < 4.78 is 0. The van der Waals surface area contributed by atoms with Crippen LogP contribution in [0.25, 0.3) is 10.9 Å². The number of hydrogen-bond acceptors (Lipinski definition) is 0. The van der Waals surface area contributed by atoms with E-state index in [1.54, 1.807) is 0 Å². The molecule has 0 bridgehead atoms. The molecule has 0 aliphatic rings. The van der Waals surface area contributed by atoms with Crippen LogP contribution in [0.5, 0.6) is 0 Å². The average molecular weight is 187 g/mol. The highest BCUT2D eigenvalue weighted by atomic mass is 14.7. The highest BCUT2D eigenvalue weighted by Gasteiger charge is 2.04. The van der Waals surface area contributed by atoms with Crippen LogP contribution in [0.15, 0.2) is 30.5 Å². The number of rotatable bonds is 3. The molecule has 0 aliphatic heterocycles. The number of benzene rings is 1. The van der Waals surface area contributed by atoms with Crippen molar-refractivity contribution in [3.63, 3.8) is 0 Å². The number of hydrogen-bond donors (Lipinski definition) is 1. The molecule has 0 aliphatic carbocycles. The van der Waals surface area contributed by atoms with E-state index in [0.717, 1.165) is 0 Å². The van der Waals surface area contributed by atoms with Gasteiger partial charge in [-0.25, -0.2) is 0 Å². The molecule has 2 rings (SSSR count). The summed E-state index contributed by atoms with van der Waals surface area (Å²) in [5.41, 5.74) is 2.69. The maximum absolute atomic E-state index is 3.22. The summed E-state index contributed by atoms with van der Waals surface area (Å²) in [6.07, 6.45) is 4.53. The maximum atomic E-state index is 3.22. The number of aromatic amines is 1. The van der Waals surface area contributed by atoms with Gasteiger partial charge in [-0.15, -0.1) is 0 Å². The first kappa shape index (κ1) is 9.32. The van der Waals surface area contributed by atoms with E-state index in [2.05, 4.69) is 43.1 Å². The normalized spacial score (nSPS) is 13.3. The topological polar surface area (TPSA) is 15.8 Å². The van der Waals surface area contributed by atoms with Crippen LogP contribution in [-0.2, 0) is 0 Å². The molecule has 2 aromatic rings. The Morgan fingerprint density at radius 3 is 2.93 bits per heavy atom. The minimum Gasteiger partial charge on any atom is -0.361 e. The molecule has 1 heteroatoms. The Balaban J connectivity index is 2.33. The van der Waals surface area contributed by atoms with Gasteiger partial charge in [0, 0.05) is 11.7 Å². The molecule has 0 spiro atoms. The third-order valence-corrected chi connectivity index (χ3v) is 2.87. The second kappa shape index (κ2) is 3.87. The van der Waals surface area contributed by atoms with Crippen molar-refractivity contribution in [3.05, 3.63) is 36.0 Å². The molecule has 1 nitrogen and oxygen atoms in total. The number of aromatic nitrogens is 1. The van der Waals surface area contributed by atoms with E-state index >= 15 is 0 Å². The largest absolute Gasteiger partial charge is 0.361 e. The predicted molar refractivity (Wildman–Crippen MR) is 61.6 cm³/mol. The van der Waals surface area contributed by atoms with Crippen LogP contribution in [0.2, 0.25) is 0 Å². The quantitative estimate of drug-likeness (QED) is 0.745. The number of nitrogens with one attached hydrogen (secondary N) is 1. The van der Waals surface area contributed by atoms with Gasteiger partial charge in [-0.2, -0.15) is 0 Å². The van der Waals surface area contributed by atoms with Crippen molar-refractivity contribution in [1.29, 1.82) is 0 Å². The van der Waals surface area contributed by atoms with E-state index in [4.69, 9.17) is 0 Å². The van der Waals surface area contributed by atoms with E-state index in [1.807, 2.05) is 6.20 Å². The van der Waals surface area contributed by atoms with Crippen molar-refractivity contribution in [2.45, 2.75) is 32.6 Å². The third-order valence-electron chi connectivity index (χ3n) is 2.87. The Labute approximate surface area is 85.1 Å². The summed E-state index contributed by atoms with van der Waals surface area (Å²) in [5.74, 6) is 0.680. The third kappa shape index (κ3) is 1.67. The molecule has 1 atom stereocenters. The van der Waals surface area contributed by atoms with Gasteiger partial charge in [-0.1, -0.05) is 26.3 Å². The summed E-state index contributed by atoms with van der Waals surface area (Å²) in [6.45, 7) is 4.54. The van der Waals surface area contributed by atoms with Gasteiger partial charge in [0.05, 0.1) is 0 Å². The average Bonchev–Trinajstić information content (AvgIpc) is 2.64. The first-order valence-electron chi connectivity index (χ1n) is 5.38. The monoisotopic (exact) mass is 187 g/mol. The second-order valence-corrected chi connectivity index (χ2v) is 4.01. The molecule has 0 radical (unpaired) electrons. The molecule has 1 aromatic carbocycles. The molecule has 1 aromatic heterocycles. The molecular formula is C13H17N. The molecule has 1 heterocycles. The van der Waals surface area contributed by atoms with Crippen LogP contribution in [0.1, 0.15) is 38.2 Å². The zero-order valence-electron chi connectivity index (χ0n) is 8.88. The highest BCUT2D eigenvalue weighted by Crippen LogP contribution is 2.23. The van der Waals surface area contributed by atoms with Crippen LogP contribution < -0.4 is 0 Å². The van der Waals surface area contributed by atoms with E-state index in [-0.39, 0.29) is 0 Å². The van der Waals surface area contributed by atoms with E-state index < -0.39 is 0 Å².